The molecule has 4 heterocycles. The second kappa shape index (κ2) is 8.31. The minimum atomic E-state index is -0.381. The van der Waals surface area contributed by atoms with Gasteiger partial charge in [-0.25, -0.2) is 0 Å². The fourth-order valence-corrected chi connectivity index (χ4v) is 3.68. The number of aliphatic hydroxyl groups excluding tert-OH is 1. The summed E-state index contributed by atoms with van der Waals surface area (Å²) < 4.78 is 1.85. The molecular weight excluding hydrogens is 392 g/mol. The Kier molecular flexibility index (Phi) is 5.56. The molecular formula is C23H26N6O2. The largest absolute Gasteiger partial charge is 0.393 e. The van der Waals surface area contributed by atoms with E-state index in [0.29, 0.717) is 35.7 Å². The highest BCUT2D eigenvalue weighted by Gasteiger charge is 2.28. The van der Waals surface area contributed by atoms with Gasteiger partial charge in [0.2, 0.25) is 0 Å². The second-order valence-corrected chi connectivity index (χ2v) is 7.92. The quantitative estimate of drug-likeness (QED) is 0.529. The molecule has 0 fully saturated rings. The third kappa shape index (κ3) is 4.20. The van der Waals surface area contributed by atoms with Crippen molar-refractivity contribution in [1.82, 2.24) is 19.7 Å². The number of carbonyl (C=O) groups is 1. The Morgan fingerprint density at radius 2 is 2.06 bits per heavy atom. The summed E-state index contributed by atoms with van der Waals surface area (Å²) in [7, 11) is 0. The minimum absolute atomic E-state index is 0.174. The van der Waals surface area contributed by atoms with Gasteiger partial charge in [-0.05, 0) is 51.8 Å². The van der Waals surface area contributed by atoms with E-state index in [-0.39, 0.29) is 12.0 Å². The van der Waals surface area contributed by atoms with Crippen molar-refractivity contribution >= 4 is 23.0 Å². The number of nitrogens with one attached hydrogen (secondary N) is 2. The van der Waals surface area contributed by atoms with Gasteiger partial charge in [0.25, 0.3) is 5.91 Å². The molecule has 8 heteroatoms. The summed E-state index contributed by atoms with van der Waals surface area (Å²) in [5, 5.41) is 20.2. The molecule has 1 unspecified atom stereocenters. The molecule has 160 valence electrons. The standard InChI is InChI=1S/C23H26N6O2/c1-13-5-7-24-11-18(13)19-10-17-20(12-25-19)27-23(31)22(17)16(4)26-21-9-14(2)29(28-21)8-6-15(3)30/h5,7,9-12,15,30H,6,8H2,1-4H3,(H,26,28)(H,27,31). The van der Waals surface area contributed by atoms with E-state index in [4.69, 9.17) is 0 Å². The van der Waals surface area contributed by atoms with Crippen LogP contribution in [-0.2, 0) is 11.3 Å². The molecule has 0 radical (unpaired) electrons. The fourth-order valence-electron chi connectivity index (χ4n) is 3.68. The van der Waals surface area contributed by atoms with Crippen LogP contribution >= 0.6 is 0 Å². The number of aryl methyl sites for hydroxylation is 3. The third-order valence-corrected chi connectivity index (χ3v) is 5.39. The highest BCUT2D eigenvalue weighted by Crippen LogP contribution is 2.36. The van der Waals surface area contributed by atoms with E-state index in [1.165, 1.54) is 0 Å². The Balaban J connectivity index is 1.66. The molecule has 0 aliphatic carbocycles. The monoisotopic (exact) mass is 418 g/mol. The molecule has 3 aromatic rings. The van der Waals surface area contributed by atoms with Gasteiger partial charge in [0.05, 0.1) is 29.3 Å². The molecule has 3 N–H and O–H groups in total. The fraction of sp³-hybridized carbons (Fsp3) is 0.304. The highest BCUT2D eigenvalue weighted by atomic mass is 16.3. The average Bonchev–Trinajstić information content (AvgIpc) is 3.24. The molecule has 0 spiro atoms. The van der Waals surface area contributed by atoms with Crippen LogP contribution in [0.1, 0.15) is 37.1 Å². The van der Waals surface area contributed by atoms with Gasteiger partial charge in [-0.2, -0.15) is 5.10 Å². The van der Waals surface area contributed by atoms with Gasteiger partial charge in [-0.15, -0.1) is 0 Å². The molecule has 3 aromatic heterocycles. The van der Waals surface area contributed by atoms with Crippen molar-refractivity contribution in [3.8, 4) is 11.3 Å². The van der Waals surface area contributed by atoms with E-state index < -0.39 is 0 Å². The van der Waals surface area contributed by atoms with Gasteiger partial charge in [0, 0.05) is 47.5 Å². The Hall–Kier alpha value is -3.52. The first-order chi connectivity index (χ1) is 14.8. The Bertz CT molecular complexity index is 1180. The van der Waals surface area contributed by atoms with E-state index in [0.717, 1.165) is 28.1 Å². The van der Waals surface area contributed by atoms with Crippen LogP contribution in [0.25, 0.3) is 16.8 Å². The number of amides is 1. The van der Waals surface area contributed by atoms with E-state index in [9.17, 15) is 9.90 Å². The number of hydrogen-bond acceptors (Lipinski definition) is 6. The van der Waals surface area contributed by atoms with Gasteiger partial charge in [0.1, 0.15) is 0 Å². The molecule has 0 saturated heterocycles. The lowest BCUT2D eigenvalue weighted by Gasteiger charge is -2.09. The molecule has 1 atom stereocenters. The molecule has 0 aromatic carbocycles. The second-order valence-electron chi connectivity index (χ2n) is 7.92. The number of rotatable bonds is 6. The van der Waals surface area contributed by atoms with Crippen molar-refractivity contribution in [1.29, 1.82) is 0 Å². The SMILES string of the molecule is CC(Nc1cc(C)n(CCC(C)O)n1)=C1C(=O)Nc2cnc(-c3cnccc3C)cc21. The maximum atomic E-state index is 12.7. The molecule has 4 rings (SSSR count). The Morgan fingerprint density at radius 3 is 2.81 bits per heavy atom. The first-order valence-corrected chi connectivity index (χ1v) is 10.3. The first kappa shape index (κ1) is 20.7. The zero-order valence-corrected chi connectivity index (χ0v) is 18.1. The van der Waals surface area contributed by atoms with Crippen molar-refractivity contribution in [3.63, 3.8) is 0 Å². The molecule has 31 heavy (non-hydrogen) atoms. The van der Waals surface area contributed by atoms with Crippen LogP contribution < -0.4 is 10.6 Å². The molecule has 1 amide bonds. The number of anilines is 2. The predicted molar refractivity (Wildman–Crippen MR) is 120 cm³/mol. The number of aromatic nitrogens is 4. The third-order valence-electron chi connectivity index (χ3n) is 5.39. The lowest BCUT2D eigenvalue weighted by molar-refractivity contribution is -0.110. The number of hydrogen-bond donors (Lipinski definition) is 3. The number of pyridine rings is 2. The van der Waals surface area contributed by atoms with Crippen molar-refractivity contribution in [2.24, 2.45) is 0 Å². The van der Waals surface area contributed by atoms with Gasteiger partial charge in [-0.1, -0.05) is 0 Å². The lowest BCUT2D eigenvalue weighted by atomic mass is 10.0. The smallest absolute Gasteiger partial charge is 0.258 e. The zero-order valence-electron chi connectivity index (χ0n) is 18.1. The summed E-state index contributed by atoms with van der Waals surface area (Å²) in [5.74, 6) is 0.485. The lowest BCUT2D eigenvalue weighted by Crippen LogP contribution is -2.10. The van der Waals surface area contributed by atoms with Crippen LogP contribution in [0.5, 0.6) is 0 Å². The number of fused-ring (bicyclic) bond motifs is 1. The number of aliphatic hydroxyl groups is 1. The van der Waals surface area contributed by atoms with Gasteiger partial charge < -0.3 is 15.7 Å². The van der Waals surface area contributed by atoms with Crippen LogP contribution in [0.4, 0.5) is 11.5 Å². The molecule has 1 aliphatic rings. The minimum Gasteiger partial charge on any atom is -0.393 e. The van der Waals surface area contributed by atoms with Gasteiger partial charge in [0.15, 0.2) is 5.82 Å². The van der Waals surface area contributed by atoms with Crippen LogP contribution in [0.15, 0.2) is 42.5 Å². The average molecular weight is 419 g/mol. The highest BCUT2D eigenvalue weighted by molar-refractivity contribution is 6.32. The number of allylic oxidation sites excluding steroid dienone is 1. The number of carbonyl (C=O) groups excluding carboxylic acids is 1. The van der Waals surface area contributed by atoms with Crippen molar-refractivity contribution in [2.45, 2.75) is 46.8 Å². The summed E-state index contributed by atoms with van der Waals surface area (Å²) in [6.45, 7) is 8.23. The molecule has 8 nitrogen and oxygen atoms in total. The topological polar surface area (TPSA) is 105 Å². The Labute approximate surface area is 181 Å². The molecule has 1 aliphatic heterocycles. The van der Waals surface area contributed by atoms with E-state index in [2.05, 4.69) is 25.7 Å². The Morgan fingerprint density at radius 1 is 1.26 bits per heavy atom. The van der Waals surface area contributed by atoms with Crippen LogP contribution in [0.3, 0.4) is 0 Å². The maximum Gasteiger partial charge on any atom is 0.258 e. The molecule has 0 bridgehead atoms. The van der Waals surface area contributed by atoms with E-state index >= 15 is 0 Å². The van der Waals surface area contributed by atoms with Crippen molar-refractivity contribution in [2.75, 3.05) is 10.6 Å². The van der Waals surface area contributed by atoms with Gasteiger partial charge in [-0.3, -0.25) is 19.4 Å². The molecule has 0 saturated carbocycles. The first-order valence-electron chi connectivity index (χ1n) is 10.3. The summed E-state index contributed by atoms with van der Waals surface area (Å²) in [6.07, 6.45) is 5.46. The predicted octanol–water partition coefficient (Wildman–Crippen LogP) is 3.52. The van der Waals surface area contributed by atoms with Crippen LogP contribution in [0, 0.1) is 13.8 Å². The van der Waals surface area contributed by atoms with Gasteiger partial charge >= 0.3 is 0 Å². The summed E-state index contributed by atoms with van der Waals surface area (Å²) in [5.41, 5.74) is 6.51. The van der Waals surface area contributed by atoms with Crippen molar-refractivity contribution < 1.29 is 9.90 Å². The normalized spacial score (nSPS) is 15.5. The van der Waals surface area contributed by atoms with Crippen LogP contribution in [-0.4, -0.2) is 36.9 Å². The number of nitrogens with zero attached hydrogens (tertiary/aromatic N) is 4. The summed E-state index contributed by atoms with van der Waals surface area (Å²) in [4.78, 5) is 21.4. The van der Waals surface area contributed by atoms with E-state index in [1.54, 1.807) is 25.5 Å². The van der Waals surface area contributed by atoms with Crippen molar-refractivity contribution in [3.05, 3.63) is 59.3 Å². The summed E-state index contributed by atoms with van der Waals surface area (Å²) in [6, 6.07) is 5.79. The maximum absolute atomic E-state index is 12.7. The van der Waals surface area contributed by atoms with E-state index in [1.807, 2.05) is 43.7 Å². The van der Waals surface area contributed by atoms with Crippen LogP contribution in [0.2, 0.25) is 0 Å². The summed E-state index contributed by atoms with van der Waals surface area (Å²) >= 11 is 0. The zero-order chi connectivity index (χ0) is 22.1.